The summed E-state index contributed by atoms with van der Waals surface area (Å²) in [7, 11) is 0. The molecule has 0 bridgehead atoms. The van der Waals surface area contributed by atoms with Gasteiger partial charge in [0.2, 0.25) is 0 Å². The van der Waals surface area contributed by atoms with E-state index in [-0.39, 0.29) is 5.78 Å². The average molecular weight is 267 g/mol. The fraction of sp³-hybridized carbons (Fsp3) is 0.273. The van der Waals surface area contributed by atoms with E-state index in [1.807, 2.05) is 30.4 Å². The van der Waals surface area contributed by atoms with E-state index in [2.05, 4.69) is 20.9 Å². The summed E-state index contributed by atoms with van der Waals surface area (Å²) in [4.78, 5) is 15.7. The van der Waals surface area contributed by atoms with E-state index in [9.17, 15) is 4.79 Å². The first-order chi connectivity index (χ1) is 7.02. The number of halogens is 1. The molecule has 0 aliphatic rings. The Morgan fingerprint density at radius 2 is 2.07 bits per heavy atom. The van der Waals surface area contributed by atoms with Crippen LogP contribution in [0.3, 0.4) is 0 Å². The van der Waals surface area contributed by atoms with Crippen LogP contribution in [0.5, 0.6) is 0 Å². The SMILES string of the molecule is CC(=O)c1nc(C)c2c(Br)ccc(C)n12. The van der Waals surface area contributed by atoms with Crippen LogP contribution >= 0.6 is 15.9 Å². The second-order valence-corrected chi connectivity index (χ2v) is 4.44. The zero-order valence-corrected chi connectivity index (χ0v) is 10.4. The molecule has 0 atom stereocenters. The molecule has 2 aromatic heterocycles. The minimum atomic E-state index is -0.0145. The van der Waals surface area contributed by atoms with Gasteiger partial charge in [-0.15, -0.1) is 0 Å². The summed E-state index contributed by atoms with van der Waals surface area (Å²) >= 11 is 3.47. The zero-order chi connectivity index (χ0) is 11.2. The van der Waals surface area contributed by atoms with Crippen molar-refractivity contribution in [3.8, 4) is 0 Å². The molecule has 0 radical (unpaired) electrons. The van der Waals surface area contributed by atoms with Gasteiger partial charge in [0.05, 0.1) is 11.2 Å². The normalized spacial score (nSPS) is 10.9. The molecule has 0 N–H and O–H groups in total. The third-order valence-electron chi connectivity index (χ3n) is 2.42. The lowest BCUT2D eigenvalue weighted by Crippen LogP contribution is -2.03. The monoisotopic (exact) mass is 266 g/mol. The number of nitrogens with zero attached hydrogens (tertiary/aromatic N) is 2. The molecule has 0 aliphatic carbocycles. The molecule has 4 heteroatoms. The Morgan fingerprint density at radius 3 is 2.67 bits per heavy atom. The molecule has 3 nitrogen and oxygen atoms in total. The summed E-state index contributed by atoms with van der Waals surface area (Å²) in [6.45, 7) is 5.41. The molecule has 78 valence electrons. The number of rotatable bonds is 1. The zero-order valence-electron chi connectivity index (χ0n) is 8.84. The number of imidazole rings is 1. The second kappa shape index (κ2) is 3.45. The fourth-order valence-electron chi connectivity index (χ4n) is 1.74. The summed E-state index contributed by atoms with van der Waals surface area (Å²) in [5, 5.41) is 0. The number of pyridine rings is 1. The van der Waals surface area contributed by atoms with E-state index >= 15 is 0 Å². The van der Waals surface area contributed by atoms with Crippen LogP contribution < -0.4 is 0 Å². The number of fused-ring (bicyclic) bond motifs is 1. The van der Waals surface area contributed by atoms with Crippen molar-refractivity contribution in [1.82, 2.24) is 9.38 Å². The van der Waals surface area contributed by atoms with Gasteiger partial charge in [-0.2, -0.15) is 0 Å². The first-order valence-corrected chi connectivity index (χ1v) is 5.46. The van der Waals surface area contributed by atoms with Crippen LogP contribution in [-0.2, 0) is 0 Å². The maximum Gasteiger partial charge on any atom is 0.195 e. The Labute approximate surface area is 96.3 Å². The van der Waals surface area contributed by atoms with E-state index in [1.54, 1.807) is 0 Å². The number of carbonyl (C=O) groups is 1. The fourth-order valence-corrected chi connectivity index (χ4v) is 2.33. The molecule has 0 saturated heterocycles. The summed E-state index contributed by atoms with van der Waals surface area (Å²) in [6, 6.07) is 3.94. The number of Topliss-reactive ketones (excluding diaryl/α,β-unsaturated/α-hetero) is 1. The number of ketones is 1. The second-order valence-electron chi connectivity index (χ2n) is 3.58. The number of aryl methyl sites for hydroxylation is 2. The lowest BCUT2D eigenvalue weighted by molar-refractivity contribution is 0.100. The number of hydrogen-bond donors (Lipinski definition) is 0. The van der Waals surface area contributed by atoms with Crippen LogP contribution in [0.25, 0.3) is 5.52 Å². The minimum absolute atomic E-state index is 0.0145. The lowest BCUT2D eigenvalue weighted by Gasteiger charge is -2.04. The van der Waals surface area contributed by atoms with E-state index in [0.717, 1.165) is 21.4 Å². The molecule has 0 aliphatic heterocycles. The van der Waals surface area contributed by atoms with Crippen LogP contribution in [0.2, 0.25) is 0 Å². The van der Waals surface area contributed by atoms with Gasteiger partial charge in [-0.1, -0.05) is 0 Å². The van der Waals surface area contributed by atoms with E-state index in [1.165, 1.54) is 6.92 Å². The van der Waals surface area contributed by atoms with Gasteiger partial charge in [0.15, 0.2) is 11.6 Å². The third kappa shape index (κ3) is 1.49. The number of aromatic nitrogens is 2. The van der Waals surface area contributed by atoms with Crippen molar-refractivity contribution in [1.29, 1.82) is 0 Å². The molecular weight excluding hydrogens is 256 g/mol. The van der Waals surface area contributed by atoms with Crippen molar-refractivity contribution < 1.29 is 4.79 Å². The van der Waals surface area contributed by atoms with E-state index in [0.29, 0.717) is 5.82 Å². The van der Waals surface area contributed by atoms with Gasteiger partial charge in [0, 0.05) is 17.1 Å². The quantitative estimate of drug-likeness (QED) is 0.744. The minimum Gasteiger partial charge on any atom is -0.293 e. The summed E-state index contributed by atoms with van der Waals surface area (Å²) in [5.74, 6) is 0.487. The molecule has 2 heterocycles. The predicted octanol–water partition coefficient (Wildman–Crippen LogP) is 2.92. The molecule has 2 aromatic rings. The van der Waals surface area contributed by atoms with E-state index < -0.39 is 0 Å². The van der Waals surface area contributed by atoms with Crippen molar-refractivity contribution in [2.45, 2.75) is 20.8 Å². The van der Waals surface area contributed by atoms with Gasteiger partial charge in [-0.3, -0.25) is 9.20 Å². The molecule has 2 rings (SSSR count). The van der Waals surface area contributed by atoms with Gasteiger partial charge in [0.25, 0.3) is 0 Å². The Bertz CT molecular complexity index is 557. The van der Waals surface area contributed by atoms with Gasteiger partial charge >= 0.3 is 0 Å². The average Bonchev–Trinajstić information content (AvgIpc) is 2.51. The Morgan fingerprint density at radius 1 is 1.40 bits per heavy atom. The molecule has 15 heavy (non-hydrogen) atoms. The maximum atomic E-state index is 11.4. The molecular formula is C11H11BrN2O. The van der Waals surface area contributed by atoms with Crippen LogP contribution in [0.1, 0.15) is 28.9 Å². The van der Waals surface area contributed by atoms with Crippen molar-refractivity contribution in [3.05, 3.63) is 33.8 Å². The van der Waals surface area contributed by atoms with Gasteiger partial charge in [-0.05, 0) is 41.9 Å². The number of carbonyl (C=O) groups excluding carboxylic acids is 1. The molecule has 0 amide bonds. The van der Waals surface area contributed by atoms with Crippen molar-refractivity contribution in [2.75, 3.05) is 0 Å². The maximum absolute atomic E-state index is 11.4. The Balaban J connectivity index is 2.98. The van der Waals surface area contributed by atoms with Gasteiger partial charge in [0.1, 0.15) is 0 Å². The summed E-state index contributed by atoms with van der Waals surface area (Å²) < 4.78 is 2.85. The van der Waals surface area contributed by atoms with Crippen LogP contribution in [0, 0.1) is 13.8 Å². The standard InChI is InChI=1S/C11H11BrN2O/c1-6-4-5-9(12)10-7(2)13-11(8(3)15)14(6)10/h4-5H,1-3H3. The first kappa shape index (κ1) is 10.4. The van der Waals surface area contributed by atoms with Gasteiger partial charge < -0.3 is 0 Å². The smallest absolute Gasteiger partial charge is 0.195 e. The predicted molar refractivity (Wildman–Crippen MR) is 62.4 cm³/mol. The van der Waals surface area contributed by atoms with Crippen LogP contribution in [-0.4, -0.2) is 15.2 Å². The molecule has 0 fully saturated rings. The topological polar surface area (TPSA) is 34.4 Å². The summed E-state index contributed by atoms with van der Waals surface area (Å²) in [5.41, 5.74) is 2.86. The highest BCUT2D eigenvalue weighted by molar-refractivity contribution is 9.10. The lowest BCUT2D eigenvalue weighted by atomic mass is 10.3. The Kier molecular flexibility index (Phi) is 2.38. The summed E-state index contributed by atoms with van der Waals surface area (Å²) in [6.07, 6.45) is 0. The molecule has 0 aromatic carbocycles. The Hall–Kier alpha value is -1.16. The number of hydrogen-bond acceptors (Lipinski definition) is 2. The largest absolute Gasteiger partial charge is 0.293 e. The highest BCUT2D eigenvalue weighted by atomic mass is 79.9. The van der Waals surface area contributed by atoms with Gasteiger partial charge in [-0.25, -0.2) is 4.98 Å². The van der Waals surface area contributed by atoms with Crippen LogP contribution in [0.4, 0.5) is 0 Å². The van der Waals surface area contributed by atoms with Crippen molar-refractivity contribution in [3.63, 3.8) is 0 Å². The van der Waals surface area contributed by atoms with Crippen molar-refractivity contribution in [2.24, 2.45) is 0 Å². The van der Waals surface area contributed by atoms with Crippen molar-refractivity contribution >= 4 is 27.2 Å². The van der Waals surface area contributed by atoms with E-state index in [4.69, 9.17) is 0 Å². The highest BCUT2D eigenvalue weighted by Gasteiger charge is 2.15. The molecule has 0 saturated carbocycles. The molecule has 0 spiro atoms. The van der Waals surface area contributed by atoms with Crippen LogP contribution in [0.15, 0.2) is 16.6 Å². The molecule has 0 unspecified atom stereocenters. The third-order valence-corrected chi connectivity index (χ3v) is 3.06. The first-order valence-electron chi connectivity index (χ1n) is 4.67. The highest BCUT2D eigenvalue weighted by Crippen LogP contribution is 2.24.